The summed E-state index contributed by atoms with van der Waals surface area (Å²) >= 11 is 1.42. The van der Waals surface area contributed by atoms with Gasteiger partial charge in [-0.05, 0) is 30.7 Å². The van der Waals surface area contributed by atoms with Crippen LogP contribution in [0.1, 0.15) is 35.3 Å². The highest BCUT2D eigenvalue weighted by atomic mass is 32.2. The minimum atomic E-state index is -0.259. The third kappa shape index (κ3) is 4.04. The molecule has 8 heteroatoms. The molecule has 6 nitrogen and oxygen atoms in total. The molecule has 0 aliphatic heterocycles. The number of benzene rings is 1. The fourth-order valence-corrected chi connectivity index (χ4v) is 2.58. The normalized spacial score (nSPS) is 12.8. The molecular weight excluding hydrogens is 317 g/mol. The number of aromatic amines is 1. The topological polar surface area (TPSA) is 80.5 Å². The summed E-state index contributed by atoms with van der Waals surface area (Å²) < 4.78 is 18.2. The Morgan fingerprint density at radius 1 is 1.22 bits per heavy atom. The van der Waals surface area contributed by atoms with Gasteiger partial charge in [0.2, 0.25) is 16.9 Å². The summed E-state index contributed by atoms with van der Waals surface area (Å²) in [6.45, 7) is 3.70. The fraction of sp³-hybridized carbons (Fsp3) is 0.200. The van der Waals surface area contributed by atoms with E-state index < -0.39 is 0 Å². The molecule has 118 valence electrons. The number of rotatable bonds is 5. The SMILES string of the molecule is Cc1nnc(C(C)Sc2n[nH]c(C=Cc3ccc(F)cc3)n2)o1. The first-order valence-electron chi connectivity index (χ1n) is 6.93. The van der Waals surface area contributed by atoms with Crippen LogP contribution in [-0.4, -0.2) is 25.4 Å². The maximum Gasteiger partial charge on any atom is 0.229 e. The highest BCUT2D eigenvalue weighted by Gasteiger charge is 2.16. The molecule has 0 fully saturated rings. The summed E-state index contributed by atoms with van der Waals surface area (Å²) in [5.41, 5.74) is 0.881. The molecule has 2 heterocycles. The van der Waals surface area contributed by atoms with E-state index in [0.29, 0.717) is 22.8 Å². The van der Waals surface area contributed by atoms with E-state index in [9.17, 15) is 4.39 Å². The zero-order valence-electron chi connectivity index (χ0n) is 12.5. The molecule has 0 saturated heterocycles. The molecule has 1 N–H and O–H groups in total. The van der Waals surface area contributed by atoms with E-state index in [2.05, 4.69) is 25.4 Å². The zero-order chi connectivity index (χ0) is 16.2. The van der Waals surface area contributed by atoms with Gasteiger partial charge in [-0.15, -0.1) is 15.3 Å². The van der Waals surface area contributed by atoms with Crippen molar-refractivity contribution in [2.45, 2.75) is 24.3 Å². The minimum absolute atomic E-state index is 0.0408. The number of aryl methyl sites for hydroxylation is 1. The number of nitrogens with zero attached hydrogens (tertiary/aromatic N) is 4. The van der Waals surface area contributed by atoms with Crippen LogP contribution in [0, 0.1) is 12.7 Å². The minimum Gasteiger partial charge on any atom is -0.424 e. The van der Waals surface area contributed by atoms with Crippen molar-refractivity contribution >= 4 is 23.9 Å². The van der Waals surface area contributed by atoms with Crippen molar-refractivity contribution < 1.29 is 8.81 Å². The Balaban J connectivity index is 1.64. The molecule has 0 bridgehead atoms. The van der Waals surface area contributed by atoms with Gasteiger partial charge in [0, 0.05) is 6.92 Å². The number of hydrogen-bond acceptors (Lipinski definition) is 6. The number of hydrogen-bond donors (Lipinski definition) is 1. The fourth-order valence-electron chi connectivity index (χ4n) is 1.82. The van der Waals surface area contributed by atoms with Crippen molar-refractivity contribution in [3.8, 4) is 0 Å². The molecule has 0 aliphatic rings. The Bertz CT molecular complexity index is 811. The van der Waals surface area contributed by atoms with Gasteiger partial charge < -0.3 is 4.42 Å². The number of halogens is 1. The Kier molecular flexibility index (Phi) is 4.52. The smallest absolute Gasteiger partial charge is 0.229 e. The zero-order valence-corrected chi connectivity index (χ0v) is 13.3. The molecule has 0 saturated carbocycles. The molecule has 2 aromatic heterocycles. The highest BCUT2D eigenvalue weighted by molar-refractivity contribution is 7.99. The predicted molar refractivity (Wildman–Crippen MR) is 85.0 cm³/mol. The van der Waals surface area contributed by atoms with Gasteiger partial charge in [-0.3, -0.25) is 5.10 Å². The molecule has 0 amide bonds. The Morgan fingerprint density at radius 2 is 2.00 bits per heavy atom. The van der Waals surface area contributed by atoms with Gasteiger partial charge in [0.25, 0.3) is 0 Å². The summed E-state index contributed by atoms with van der Waals surface area (Å²) in [6.07, 6.45) is 3.62. The number of nitrogens with one attached hydrogen (secondary N) is 1. The molecule has 0 aliphatic carbocycles. The van der Waals surface area contributed by atoms with Crippen LogP contribution in [0.15, 0.2) is 33.8 Å². The van der Waals surface area contributed by atoms with Gasteiger partial charge in [0.1, 0.15) is 11.6 Å². The summed E-state index contributed by atoms with van der Waals surface area (Å²) in [5.74, 6) is 1.43. The van der Waals surface area contributed by atoms with Crippen molar-refractivity contribution in [3.05, 3.63) is 53.3 Å². The van der Waals surface area contributed by atoms with Crippen LogP contribution >= 0.6 is 11.8 Å². The molecule has 1 atom stereocenters. The lowest BCUT2D eigenvalue weighted by atomic mass is 10.2. The van der Waals surface area contributed by atoms with E-state index in [-0.39, 0.29) is 11.1 Å². The highest BCUT2D eigenvalue weighted by Crippen LogP contribution is 2.31. The molecule has 0 spiro atoms. The maximum absolute atomic E-state index is 12.8. The van der Waals surface area contributed by atoms with Crippen LogP contribution in [0.5, 0.6) is 0 Å². The lowest BCUT2D eigenvalue weighted by molar-refractivity contribution is 0.470. The van der Waals surface area contributed by atoms with E-state index in [1.165, 1.54) is 23.9 Å². The van der Waals surface area contributed by atoms with Crippen LogP contribution in [0.3, 0.4) is 0 Å². The first-order chi connectivity index (χ1) is 11.1. The predicted octanol–water partition coefficient (Wildman–Crippen LogP) is 3.66. The van der Waals surface area contributed by atoms with E-state index in [4.69, 9.17) is 4.42 Å². The van der Waals surface area contributed by atoms with Crippen molar-refractivity contribution in [2.24, 2.45) is 0 Å². The Hall–Kier alpha value is -2.48. The third-order valence-corrected chi connectivity index (χ3v) is 3.91. The number of aromatic nitrogens is 5. The first kappa shape index (κ1) is 15.4. The Morgan fingerprint density at radius 3 is 2.70 bits per heavy atom. The van der Waals surface area contributed by atoms with Crippen molar-refractivity contribution in [2.75, 3.05) is 0 Å². The maximum atomic E-state index is 12.8. The second kappa shape index (κ2) is 6.74. The van der Waals surface area contributed by atoms with Gasteiger partial charge in [0.05, 0.1) is 5.25 Å². The van der Waals surface area contributed by atoms with Crippen LogP contribution in [-0.2, 0) is 0 Å². The van der Waals surface area contributed by atoms with Gasteiger partial charge in [-0.25, -0.2) is 9.37 Å². The summed E-state index contributed by atoms with van der Waals surface area (Å²) in [6, 6.07) is 6.21. The van der Waals surface area contributed by atoms with Crippen molar-refractivity contribution in [1.82, 2.24) is 25.4 Å². The van der Waals surface area contributed by atoms with Gasteiger partial charge in [-0.2, -0.15) is 0 Å². The van der Waals surface area contributed by atoms with Crippen molar-refractivity contribution in [1.29, 1.82) is 0 Å². The van der Waals surface area contributed by atoms with Gasteiger partial charge in [-0.1, -0.05) is 30.0 Å². The van der Waals surface area contributed by atoms with E-state index in [0.717, 1.165) is 5.56 Å². The Labute approximate surface area is 136 Å². The molecule has 3 rings (SSSR count). The van der Waals surface area contributed by atoms with Gasteiger partial charge in [0.15, 0.2) is 0 Å². The first-order valence-corrected chi connectivity index (χ1v) is 7.81. The summed E-state index contributed by atoms with van der Waals surface area (Å²) in [4.78, 5) is 4.36. The molecule has 1 unspecified atom stereocenters. The lowest BCUT2D eigenvalue weighted by Gasteiger charge is -2.01. The second-order valence-corrected chi connectivity index (χ2v) is 6.12. The van der Waals surface area contributed by atoms with Crippen LogP contribution in [0.4, 0.5) is 4.39 Å². The monoisotopic (exact) mass is 331 g/mol. The number of thioether (sulfide) groups is 1. The largest absolute Gasteiger partial charge is 0.424 e. The van der Waals surface area contributed by atoms with Gasteiger partial charge >= 0.3 is 0 Å². The van der Waals surface area contributed by atoms with E-state index in [1.807, 2.05) is 13.0 Å². The van der Waals surface area contributed by atoms with Crippen LogP contribution in [0.25, 0.3) is 12.2 Å². The average Bonchev–Trinajstić information content (AvgIpc) is 3.16. The molecule has 1 aromatic carbocycles. The molecule has 23 heavy (non-hydrogen) atoms. The molecule has 3 aromatic rings. The summed E-state index contributed by atoms with van der Waals surface area (Å²) in [7, 11) is 0. The standard InChI is InChI=1S/C15H14FN5OS/c1-9(14-20-18-10(2)22-14)23-15-17-13(19-21-15)8-5-11-3-6-12(16)7-4-11/h3-9H,1-2H3,(H,17,19,21). The molecular formula is C15H14FN5OS. The van der Waals surface area contributed by atoms with Crippen LogP contribution < -0.4 is 0 Å². The van der Waals surface area contributed by atoms with E-state index in [1.54, 1.807) is 25.1 Å². The second-order valence-electron chi connectivity index (χ2n) is 4.81. The lowest BCUT2D eigenvalue weighted by Crippen LogP contribution is -1.89. The van der Waals surface area contributed by atoms with E-state index >= 15 is 0 Å². The third-order valence-electron chi connectivity index (χ3n) is 2.96. The average molecular weight is 331 g/mol. The molecule has 0 radical (unpaired) electrons. The quantitative estimate of drug-likeness (QED) is 0.719. The van der Waals surface area contributed by atoms with Crippen molar-refractivity contribution in [3.63, 3.8) is 0 Å². The number of H-pyrrole nitrogens is 1. The van der Waals surface area contributed by atoms with Crippen LogP contribution in [0.2, 0.25) is 0 Å². The summed E-state index contributed by atoms with van der Waals surface area (Å²) in [5, 5.41) is 15.3.